The molecule has 118 valence electrons. The smallest absolute Gasteiger partial charge is 0.134 e. The molecule has 0 spiro atoms. The van der Waals surface area contributed by atoms with Crippen LogP contribution < -0.4 is 15.5 Å². The average molecular weight is 318 g/mol. The second-order valence-electron chi connectivity index (χ2n) is 5.49. The fraction of sp³-hybridized carbons (Fsp3) is 0.533. The van der Waals surface area contributed by atoms with Crippen LogP contribution in [0, 0.1) is 6.92 Å². The van der Waals surface area contributed by atoms with E-state index in [0.29, 0.717) is 6.04 Å². The molecule has 1 atom stereocenters. The SMILES string of the molecule is CNc1cc(N2CCC[C@H]2CNCc2csc(C)n2)ncn1. The lowest BCUT2D eigenvalue weighted by Crippen LogP contribution is -2.38. The Morgan fingerprint density at radius 3 is 3.09 bits per heavy atom. The first-order valence-electron chi connectivity index (χ1n) is 7.64. The first kappa shape index (κ1) is 15.2. The second-order valence-corrected chi connectivity index (χ2v) is 6.55. The highest BCUT2D eigenvalue weighted by Crippen LogP contribution is 2.24. The zero-order valence-corrected chi connectivity index (χ0v) is 13.9. The van der Waals surface area contributed by atoms with Gasteiger partial charge in [-0.15, -0.1) is 11.3 Å². The largest absolute Gasteiger partial charge is 0.373 e. The summed E-state index contributed by atoms with van der Waals surface area (Å²) in [5.74, 6) is 1.87. The van der Waals surface area contributed by atoms with E-state index in [1.54, 1.807) is 17.7 Å². The fourth-order valence-corrected chi connectivity index (χ4v) is 3.46. The minimum absolute atomic E-state index is 0.485. The van der Waals surface area contributed by atoms with Crippen molar-refractivity contribution in [3.8, 4) is 0 Å². The van der Waals surface area contributed by atoms with Gasteiger partial charge in [0.15, 0.2) is 0 Å². The molecule has 7 heteroatoms. The lowest BCUT2D eigenvalue weighted by Gasteiger charge is -2.26. The number of aryl methyl sites for hydroxylation is 1. The van der Waals surface area contributed by atoms with E-state index in [9.17, 15) is 0 Å². The van der Waals surface area contributed by atoms with Crippen LogP contribution in [-0.4, -0.2) is 41.1 Å². The number of nitrogens with one attached hydrogen (secondary N) is 2. The van der Waals surface area contributed by atoms with Gasteiger partial charge in [0.1, 0.15) is 18.0 Å². The molecule has 2 aromatic heterocycles. The molecule has 0 aliphatic carbocycles. The van der Waals surface area contributed by atoms with Crippen molar-refractivity contribution >= 4 is 23.0 Å². The summed E-state index contributed by atoms with van der Waals surface area (Å²) in [5, 5.41) is 9.85. The van der Waals surface area contributed by atoms with Gasteiger partial charge in [-0.25, -0.2) is 15.0 Å². The van der Waals surface area contributed by atoms with Crippen molar-refractivity contribution < 1.29 is 0 Å². The second kappa shape index (κ2) is 7.02. The first-order valence-corrected chi connectivity index (χ1v) is 8.52. The monoisotopic (exact) mass is 318 g/mol. The summed E-state index contributed by atoms with van der Waals surface area (Å²) in [5.41, 5.74) is 1.13. The van der Waals surface area contributed by atoms with Crippen LogP contribution in [0.3, 0.4) is 0 Å². The Kier molecular flexibility index (Phi) is 4.84. The van der Waals surface area contributed by atoms with Crippen molar-refractivity contribution in [2.24, 2.45) is 0 Å². The van der Waals surface area contributed by atoms with Crippen molar-refractivity contribution in [3.05, 3.63) is 28.5 Å². The van der Waals surface area contributed by atoms with Gasteiger partial charge in [0, 0.05) is 44.2 Å². The fourth-order valence-electron chi connectivity index (χ4n) is 2.85. The molecular weight excluding hydrogens is 296 g/mol. The Hall–Kier alpha value is -1.73. The van der Waals surface area contributed by atoms with Crippen LogP contribution in [0.2, 0.25) is 0 Å². The molecule has 0 aromatic carbocycles. The molecule has 0 saturated carbocycles. The Morgan fingerprint density at radius 2 is 2.32 bits per heavy atom. The zero-order valence-electron chi connectivity index (χ0n) is 13.0. The maximum Gasteiger partial charge on any atom is 0.134 e. The molecule has 2 N–H and O–H groups in total. The van der Waals surface area contributed by atoms with E-state index in [1.807, 2.05) is 20.0 Å². The number of hydrogen-bond donors (Lipinski definition) is 2. The summed E-state index contributed by atoms with van der Waals surface area (Å²) in [4.78, 5) is 15.5. The van der Waals surface area contributed by atoms with Gasteiger partial charge < -0.3 is 15.5 Å². The maximum atomic E-state index is 4.49. The minimum Gasteiger partial charge on any atom is -0.373 e. The van der Waals surface area contributed by atoms with E-state index in [4.69, 9.17) is 0 Å². The van der Waals surface area contributed by atoms with Crippen LogP contribution in [0.4, 0.5) is 11.6 Å². The highest BCUT2D eigenvalue weighted by molar-refractivity contribution is 7.09. The van der Waals surface area contributed by atoms with E-state index >= 15 is 0 Å². The Morgan fingerprint density at radius 1 is 1.41 bits per heavy atom. The number of anilines is 2. The van der Waals surface area contributed by atoms with Crippen LogP contribution in [-0.2, 0) is 6.54 Å². The van der Waals surface area contributed by atoms with Gasteiger partial charge in [0.05, 0.1) is 10.7 Å². The summed E-state index contributed by atoms with van der Waals surface area (Å²) in [6.07, 6.45) is 4.03. The predicted molar refractivity (Wildman–Crippen MR) is 90.5 cm³/mol. The third-order valence-corrected chi connectivity index (χ3v) is 4.76. The van der Waals surface area contributed by atoms with Crippen LogP contribution in [0.25, 0.3) is 0 Å². The number of aromatic nitrogens is 3. The molecule has 1 saturated heterocycles. The molecule has 6 nitrogen and oxygen atoms in total. The molecule has 1 aliphatic heterocycles. The van der Waals surface area contributed by atoms with Crippen LogP contribution in [0.5, 0.6) is 0 Å². The molecule has 1 aliphatic rings. The zero-order chi connectivity index (χ0) is 15.4. The number of rotatable bonds is 6. The normalized spacial score (nSPS) is 17.9. The lowest BCUT2D eigenvalue weighted by molar-refractivity contribution is 0.567. The van der Waals surface area contributed by atoms with Gasteiger partial charge in [0.2, 0.25) is 0 Å². The van der Waals surface area contributed by atoms with Crippen LogP contribution in [0.1, 0.15) is 23.5 Å². The Balaban J connectivity index is 1.58. The Labute approximate surface area is 135 Å². The van der Waals surface area contributed by atoms with E-state index in [1.165, 1.54) is 12.8 Å². The van der Waals surface area contributed by atoms with Crippen LogP contribution in [0.15, 0.2) is 17.8 Å². The lowest BCUT2D eigenvalue weighted by atomic mass is 10.2. The van der Waals surface area contributed by atoms with Crippen molar-refractivity contribution in [1.82, 2.24) is 20.3 Å². The van der Waals surface area contributed by atoms with Gasteiger partial charge in [-0.2, -0.15) is 0 Å². The Bertz CT molecular complexity index is 614. The summed E-state index contributed by atoms with van der Waals surface area (Å²) >= 11 is 1.70. The molecule has 0 amide bonds. The molecule has 0 bridgehead atoms. The molecule has 2 aromatic rings. The van der Waals surface area contributed by atoms with E-state index in [2.05, 4.69) is 35.9 Å². The van der Waals surface area contributed by atoms with Gasteiger partial charge in [-0.05, 0) is 19.8 Å². The van der Waals surface area contributed by atoms with Crippen LogP contribution >= 0.6 is 11.3 Å². The summed E-state index contributed by atoms with van der Waals surface area (Å²) in [6, 6.07) is 2.50. The third kappa shape index (κ3) is 3.53. The standard InChI is InChI=1S/C15H22N6S/c1-11-20-12(9-22-11)7-17-8-13-4-3-5-21(13)15-6-14(16-2)18-10-19-15/h6,9-10,13,17H,3-5,7-8H2,1-2H3,(H,16,18,19)/t13-/m0/s1. The molecule has 1 fully saturated rings. The number of thiazole rings is 1. The molecule has 3 heterocycles. The van der Waals surface area contributed by atoms with Crippen molar-refractivity contribution in [1.29, 1.82) is 0 Å². The minimum atomic E-state index is 0.485. The molecule has 0 unspecified atom stereocenters. The third-order valence-electron chi connectivity index (χ3n) is 3.93. The molecule has 3 rings (SSSR count). The maximum absolute atomic E-state index is 4.49. The molecule has 22 heavy (non-hydrogen) atoms. The van der Waals surface area contributed by atoms with E-state index in [0.717, 1.165) is 42.0 Å². The van der Waals surface area contributed by atoms with Crippen molar-refractivity contribution in [2.45, 2.75) is 32.4 Å². The van der Waals surface area contributed by atoms with Gasteiger partial charge in [-0.1, -0.05) is 0 Å². The molecular formula is C15H22N6S. The number of hydrogen-bond acceptors (Lipinski definition) is 7. The summed E-state index contributed by atoms with van der Waals surface area (Å²) in [7, 11) is 1.88. The van der Waals surface area contributed by atoms with E-state index in [-0.39, 0.29) is 0 Å². The quantitative estimate of drug-likeness (QED) is 0.850. The predicted octanol–water partition coefficient (Wildman–Crippen LogP) is 2.04. The number of nitrogens with zero attached hydrogens (tertiary/aromatic N) is 4. The first-order chi connectivity index (χ1) is 10.8. The summed E-state index contributed by atoms with van der Waals surface area (Å²) < 4.78 is 0. The van der Waals surface area contributed by atoms with E-state index < -0.39 is 0 Å². The molecule has 0 radical (unpaired) electrons. The topological polar surface area (TPSA) is 66.0 Å². The van der Waals surface area contributed by atoms with Crippen molar-refractivity contribution in [2.75, 3.05) is 30.4 Å². The summed E-state index contributed by atoms with van der Waals surface area (Å²) in [6.45, 7) is 4.89. The van der Waals surface area contributed by atoms with Gasteiger partial charge in [-0.3, -0.25) is 0 Å². The average Bonchev–Trinajstić information content (AvgIpc) is 3.16. The van der Waals surface area contributed by atoms with Gasteiger partial charge >= 0.3 is 0 Å². The highest BCUT2D eigenvalue weighted by atomic mass is 32.1. The van der Waals surface area contributed by atoms with Crippen molar-refractivity contribution in [3.63, 3.8) is 0 Å². The van der Waals surface area contributed by atoms with Gasteiger partial charge in [0.25, 0.3) is 0 Å². The highest BCUT2D eigenvalue weighted by Gasteiger charge is 2.25.